The standard InChI is InChI=1S/C19H18ClN5O3S/c1-4-19(3)17(27)25(18(28)21-19)23-15(26)14-9-11-10(2)22-24(16(11)29-14)13-8-6-5-7-12(13)20/h5-9H,4H2,1-3H3,(H,21,28)(H,23,26)/t19-/m1/s1. The lowest BCUT2D eigenvalue weighted by Gasteiger charge is -2.19. The minimum absolute atomic E-state index is 0.354. The maximum atomic E-state index is 12.8. The van der Waals surface area contributed by atoms with Crippen LogP contribution in [0.3, 0.4) is 0 Å². The van der Waals surface area contributed by atoms with Crippen molar-refractivity contribution in [3.05, 3.63) is 45.9 Å². The fourth-order valence-corrected chi connectivity index (χ4v) is 4.41. The van der Waals surface area contributed by atoms with Crippen molar-refractivity contribution in [1.29, 1.82) is 0 Å². The molecule has 4 amide bonds. The lowest BCUT2D eigenvalue weighted by Crippen LogP contribution is -2.48. The molecule has 0 radical (unpaired) electrons. The third-order valence-corrected chi connectivity index (χ3v) is 6.46. The van der Waals surface area contributed by atoms with Gasteiger partial charge in [-0.25, -0.2) is 9.48 Å². The molecule has 1 atom stereocenters. The van der Waals surface area contributed by atoms with Gasteiger partial charge in [0.1, 0.15) is 10.4 Å². The molecule has 0 aliphatic carbocycles. The van der Waals surface area contributed by atoms with Crippen LogP contribution in [0.5, 0.6) is 0 Å². The van der Waals surface area contributed by atoms with Crippen LogP contribution in [-0.2, 0) is 4.79 Å². The van der Waals surface area contributed by atoms with Gasteiger partial charge < -0.3 is 5.32 Å². The Hall–Kier alpha value is -2.91. The van der Waals surface area contributed by atoms with Crippen LogP contribution >= 0.6 is 22.9 Å². The average molecular weight is 432 g/mol. The van der Waals surface area contributed by atoms with Gasteiger partial charge in [0.2, 0.25) is 0 Å². The van der Waals surface area contributed by atoms with Crippen molar-refractivity contribution in [2.45, 2.75) is 32.7 Å². The first kappa shape index (κ1) is 19.4. The smallest absolute Gasteiger partial charge is 0.322 e. The zero-order valence-electron chi connectivity index (χ0n) is 15.9. The van der Waals surface area contributed by atoms with Crippen molar-refractivity contribution in [2.75, 3.05) is 0 Å². The van der Waals surface area contributed by atoms with E-state index < -0.39 is 23.4 Å². The van der Waals surface area contributed by atoms with E-state index >= 15 is 0 Å². The van der Waals surface area contributed by atoms with E-state index in [1.54, 1.807) is 30.7 Å². The van der Waals surface area contributed by atoms with Crippen molar-refractivity contribution in [3.63, 3.8) is 0 Å². The number of urea groups is 1. The lowest BCUT2D eigenvalue weighted by atomic mass is 10.00. The third kappa shape index (κ3) is 3.06. The SMILES string of the molecule is CC[C@@]1(C)NC(=O)N(NC(=O)c2cc3c(C)nn(-c4ccccc4Cl)c3s2)C1=O. The van der Waals surface area contributed by atoms with Gasteiger partial charge in [0.25, 0.3) is 11.8 Å². The Balaban J connectivity index is 1.67. The number of aromatic nitrogens is 2. The number of para-hydroxylation sites is 1. The summed E-state index contributed by atoms with van der Waals surface area (Å²) >= 11 is 7.51. The molecule has 4 rings (SSSR count). The second kappa shape index (κ2) is 6.85. The zero-order valence-corrected chi connectivity index (χ0v) is 17.5. The number of nitrogens with zero attached hydrogens (tertiary/aromatic N) is 3. The van der Waals surface area contributed by atoms with Crippen LogP contribution in [0.4, 0.5) is 4.79 Å². The Morgan fingerprint density at radius 1 is 1.34 bits per heavy atom. The molecule has 0 unspecified atom stereocenters. The Kier molecular flexibility index (Phi) is 4.59. The zero-order chi connectivity index (χ0) is 20.9. The highest BCUT2D eigenvalue weighted by atomic mass is 35.5. The van der Waals surface area contributed by atoms with E-state index in [2.05, 4.69) is 15.8 Å². The largest absolute Gasteiger partial charge is 0.344 e. The van der Waals surface area contributed by atoms with Crippen LogP contribution in [0.1, 0.15) is 35.6 Å². The van der Waals surface area contributed by atoms with Gasteiger partial charge >= 0.3 is 6.03 Å². The summed E-state index contributed by atoms with van der Waals surface area (Å²) < 4.78 is 1.69. The number of nitrogens with one attached hydrogen (secondary N) is 2. The molecule has 0 bridgehead atoms. The number of benzene rings is 1. The van der Waals surface area contributed by atoms with Gasteiger partial charge in [-0.1, -0.05) is 30.7 Å². The molecule has 1 aromatic carbocycles. The molecule has 10 heteroatoms. The fourth-order valence-electron chi connectivity index (χ4n) is 3.13. The van der Waals surface area contributed by atoms with Crippen molar-refractivity contribution in [2.24, 2.45) is 0 Å². The number of fused-ring (bicyclic) bond motifs is 1. The Morgan fingerprint density at radius 2 is 2.07 bits per heavy atom. The molecular formula is C19H18ClN5O3S. The van der Waals surface area contributed by atoms with E-state index in [9.17, 15) is 14.4 Å². The predicted molar refractivity (Wildman–Crippen MR) is 110 cm³/mol. The third-order valence-electron chi connectivity index (χ3n) is 5.03. The first-order chi connectivity index (χ1) is 13.7. The molecule has 1 aliphatic rings. The summed E-state index contributed by atoms with van der Waals surface area (Å²) in [6.45, 7) is 5.26. The molecule has 2 N–H and O–H groups in total. The van der Waals surface area contributed by atoms with E-state index in [1.807, 2.05) is 25.1 Å². The van der Waals surface area contributed by atoms with Crippen LogP contribution in [0.15, 0.2) is 30.3 Å². The number of amides is 4. The Bertz CT molecular complexity index is 1170. The number of hydrazine groups is 1. The van der Waals surface area contributed by atoms with Crippen LogP contribution in [0.2, 0.25) is 5.02 Å². The summed E-state index contributed by atoms with van der Waals surface area (Å²) in [5, 5.41) is 9.20. The van der Waals surface area contributed by atoms with E-state index in [1.165, 1.54) is 11.3 Å². The predicted octanol–water partition coefficient (Wildman–Crippen LogP) is 3.41. The molecule has 1 fully saturated rings. The lowest BCUT2D eigenvalue weighted by molar-refractivity contribution is -0.132. The number of halogens is 1. The van der Waals surface area contributed by atoms with Gasteiger partial charge in [-0.05, 0) is 38.5 Å². The van der Waals surface area contributed by atoms with Crippen molar-refractivity contribution in [1.82, 2.24) is 25.5 Å². The van der Waals surface area contributed by atoms with Crippen LogP contribution in [0.25, 0.3) is 15.9 Å². The van der Waals surface area contributed by atoms with Gasteiger partial charge in [0.15, 0.2) is 0 Å². The number of rotatable bonds is 4. The normalized spacial score (nSPS) is 19.1. The molecule has 1 saturated heterocycles. The number of thiophene rings is 1. The molecule has 3 heterocycles. The highest BCUT2D eigenvalue weighted by Gasteiger charge is 2.47. The molecule has 8 nitrogen and oxygen atoms in total. The van der Waals surface area contributed by atoms with Crippen LogP contribution in [-0.4, -0.2) is 38.2 Å². The van der Waals surface area contributed by atoms with E-state index in [4.69, 9.17) is 11.6 Å². The van der Waals surface area contributed by atoms with E-state index in [0.29, 0.717) is 22.0 Å². The van der Waals surface area contributed by atoms with Gasteiger partial charge in [-0.15, -0.1) is 11.3 Å². The number of aryl methyl sites for hydroxylation is 1. The van der Waals surface area contributed by atoms with Crippen molar-refractivity contribution < 1.29 is 14.4 Å². The highest BCUT2D eigenvalue weighted by Crippen LogP contribution is 2.32. The summed E-state index contributed by atoms with van der Waals surface area (Å²) in [5.74, 6) is -1.03. The Labute approximate surface area is 175 Å². The fraction of sp³-hybridized carbons (Fsp3) is 0.263. The van der Waals surface area contributed by atoms with Crippen LogP contribution < -0.4 is 10.7 Å². The molecule has 2 aromatic heterocycles. The van der Waals surface area contributed by atoms with E-state index in [-0.39, 0.29) is 0 Å². The van der Waals surface area contributed by atoms with Crippen molar-refractivity contribution in [3.8, 4) is 5.69 Å². The molecule has 0 spiro atoms. The number of imide groups is 1. The first-order valence-corrected chi connectivity index (χ1v) is 10.2. The second-order valence-electron chi connectivity index (χ2n) is 6.98. The van der Waals surface area contributed by atoms with Gasteiger partial charge in [0, 0.05) is 5.39 Å². The second-order valence-corrected chi connectivity index (χ2v) is 8.41. The summed E-state index contributed by atoms with van der Waals surface area (Å²) in [4.78, 5) is 38.5. The average Bonchev–Trinajstić information content (AvgIpc) is 3.32. The van der Waals surface area contributed by atoms with Crippen molar-refractivity contribution >= 4 is 51.0 Å². The number of hydrogen-bond donors (Lipinski definition) is 2. The monoisotopic (exact) mass is 431 g/mol. The minimum Gasteiger partial charge on any atom is -0.322 e. The van der Waals surface area contributed by atoms with Gasteiger partial charge in [0.05, 0.1) is 21.3 Å². The molecule has 150 valence electrons. The summed E-state index contributed by atoms with van der Waals surface area (Å²) in [6, 6.07) is 8.34. The molecule has 0 saturated carbocycles. The van der Waals surface area contributed by atoms with E-state index in [0.717, 1.165) is 20.9 Å². The number of hydrogen-bond acceptors (Lipinski definition) is 5. The van der Waals surface area contributed by atoms with Gasteiger partial charge in [-0.3, -0.25) is 15.0 Å². The number of carbonyl (C=O) groups excluding carboxylic acids is 3. The molecular weight excluding hydrogens is 414 g/mol. The topological polar surface area (TPSA) is 96.3 Å². The minimum atomic E-state index is -1.02. The molecule has 3 aromatic rings. The van der Waals surface area contributed by atoms with Crippen LogP contribution in [0, 0.1) is 6.92 Å². The summed E-state index contributed by atoms with van der Waals surface area (Å²) in [5.41, 5.74) is 2.83. The van der Waals surface area contributed by atoms with Gasteiger partial charge in [-0.2, -0.15) is 10.1 Å². The summed E-state index contributed by atoms with van der Waals surface area (Å²) in [7, 11) is 0. The maximum absolute atomic E-state index is 12.8. The molecule has 29 heavy (non-hydrogen) atoms. The Morgan fingerprint density at radius 3 is 2.72 bits per heavy atom. The first-order valence-electron chi connectivity index (χ1n) is 8.97. The molecule has 1 aliphatic heterocycles. The maximum Gasteiger partial charge on any atom is 0.344 e. The highest BCUT2D eigenvalue weighted by molar-refractivity contribution is 7.20. The number of carbonyl (C=O) groups is 3. The quantitative estimate of drug-likeness (QED) is 0.618. The summed E-state index contributed by atoms with van der Waals surface area (Å²) in [6.07, 6.45) is 0.416.